The molecule has 0 aromatic heterocycles. The molecule has 0 aliphatic carbocycles. The SMILES string of the molecule is O/N=C/c1c(F)cccc1F. The molecular weight excluding hydrogens is 152 g/mol. The number of benzene rings is 1. The van der Waals surface area contributed by atoms with Crippen LogP contribution in [0.2, 0.25) is 0 Å². The van der Waals surface area contributed by atoms with Gasteiger partial charge in [-0.3, -0.25) is 0 Å². The predicted octanol–water partition coefficient (Wildman–Crippen LogP) is 1.77. The lowest BCUT2D eigenvalue weighted by Crippen LogP contribution is -1.92. The van der Waals surface area contributed by atoms with Crippen molar-refractivity contribution >= 4 is 6.21 Å². The minimum absolute atomic E-state index is 0.338. The topological polar surface area (TPSA) is 32.6 Å². The van der Waals surface area contributed by atoms with Gasteiger partial charge in [0.25, 0.3) is 0 Å². The highest BCUT2D eigenvalue weighted by molar-refractivity contribution is 5.79. The van der Waals surface area contributed by atoms with Crippen LogP contribution in [0.5, 0.6) is 0 Å². The van der Waals surface area contributed by atoms with E-state index in [1.165, 1.54) is 6.07 Å². The first-order chi connectivity index (χ1) is 5.25. The first-order valence-corrected chi connectivity index (χ1v) is 2.87. The zero-order chi connectivity index (χ0) is 8.27. The van der Waals surface area contributed by atoms with Gasteiger partial charge >= 0.3 is 0 Å². The van der Waals surface area contributed by atoms with Crippen LogP contribution in [0.3, 0.4) is 0 Å². The van der Waals surface area contributed by atoms with Crippen LogP contribution in [0, 0.1) is 11.6 Å². The van der Waals surface area contributed by atoms with E-state index in [-0.39, 0.29) is 5.56 Å². The first-order valence-electron chi connectivity index (χ1n) is 2.87. The smallest absolute Gasteiger partial charge is 0.135 e. The Morgan fingerprint density at radius 3 is 2.27 bits per heavy atom. The fraction of sp³-hybridized carbons (Fsp3) is 0. The number of nitrogens with zero attached hydrogens (tertiary/aromatic N) is 1. The highest BCUT2D eigenvalue weighted by Gasteiger charge is 2.04. The van der Waals surface area contributed by atoms with Crippen LogP contribution in [0.25, 0.3) is 0 Å². The van der Waals surface area contributed by atoms with Crippen LogP contribution in [0.1, 0.15) is 5.56 Å². The summed E-state index contributed by atoms with van der Waals surface area (Å²) in [6.07, 6.45) is 0.713. The number of hydrogen-bond acceptors (Lipinski definition) is 2. The highest BCUT2D eigenvalue weighted by atomic mass is 19.1. The van der Waals surface area contributed by atoms with Crippen LogP contribution in [-0.4, -0.2) is 11.4 Å². The molecule has 58 valence electrons. The molecule has 1 N–H and O–H groups in total. The van der Waals surface area contributed by atoms with Gasteiger partial charge in [0.1, 0.15) is 11.6 Å². The van der Waals surface area contributed by atoms with Gasteiger partial charge in [-0.25, -0.2) is 8.78 Å². The number of rotatable bonds is 1. The molecular formula is C7H5F2NO. The quantitative estimate of drug-likeness (QED) is 0.376. The third-order valence-corrected chi connectivity index (χ3v) is 1.19. The van der Waals surface area contributed by atoms with Crippen molar-refractivity contribution in [3.63, 3.8) is 0 Å². The van der Waals surface area contributed by atoms with E-state index < -0.39 is 11.6 Å². The Balaban J connectivity index is 3.20. The molecule has 0 aliphatic rings. The van der Waals surface area contributed by atoms with Gasteiger partial charge in [-0.05, 0) is 12.1 Å². The maximum atomic E-state index is 12.6. The summed E-state index contributed by atoms with van der Waals surface area (Å²) in [7, 11) is 0. The van der Waals surface area contributed by atoms with Crippen molar-refractivity contribution in [3.8, 4) is 0 Å². The molecule has 11 heavy (non-hydrogen) atoms. The van der Waals surface area contributed by atoms with Gasteiger partial charge < -0.3 is 5.21 Å². The summed E-state index contributed by atoms with van der Waals surface area (Å²) < 4.78 is 25.2. The molecule has 0 saturated carbocycles. The molecule has 0 fully saturated rings. The molecule has 0 bridgehead atoms. The lowest BCUT2D eigenvalue weighted by molar-refractivity contribution is 0.321. The zero-order valence-electron chi connectivity index (χ0n) is 5.46. The number of oxime groups is 1. The molecule has 0 amide bonds. The third kappa shape index (κ3) is 1.52. The second-order valence-electron chi connectivity index (χ2n) is 1.88. The Labute approximate surface area is 61.8 Å². The van der Waals surface area contributed by atoms with E-state index in [9.17, 15) is 8.78 Å². The van der Waals surface area contributed by atoms with Gasteiger partial charge in [0.15, 0.2) is 0 Å². The average molecular weight is 157 g/mol. The van der Waals surface area contributed by atoms with E-state index in [4.69, 9.17) is 5.21 Å². The number of halogens is 2. The molecule has 0 aliphatic heterocycles. The van der Waals surface area contributed by atoms with Gasteiger partial charge in [0, 0.05) is 0 Å². The van der Waals surface area contributed by atoms with Crippen molar-refractivity contribution in [3.05, 3.63) is 35.4 Å². The van der Waals surface area contributed by atoms with Crippen molar-refractivity contribution in [2.75, 3.05) is 0 Å². The molecule has 0 atom stereocenters. The van der Waals surface area contributed by atoms with E-state index in [1.54, 1.807) is 0 Å². The normalized spacial score (nSPS) is 10.7. The van der Waals surface area contributed by atoms with E-state index in [1.807, 2.05) is 0 Å². The molecule has 0 heterocycles. The lowest BCUT2D eigenvalue weighted by Gasteiger charge is -1.95. The van der Waals surface area contributed by atoms with E-state index in [0.29, 0.717) is 6.21 Å². The Kier molecular flexibility index (Phi) is 2.15. The van der Waals surface area contributed by atoms with Crippen LogP contribution in [-0.2, 0) is 0 Å². The van der Waals surface area contributed by atoms with Crippen molar-refractivity contribution in [2.45, 2.75) is 0 Å². The Morgan fingerprint density at radius 1 is 1.27 bits per heavy atom. The molecule has 1 aromatic rings. The van der Waals surface area contributed by atoms with Gasteiger partial charge in [-0.2, -0.15) is 0 Å². The van der Waals surface area contributed by atoms with Gasteiger partial charge in [0.05, 0.1) is 11.8 Å². The van der Waals surface area contributed by atoms with Gasteiger partial charge in [0.2, 0.25) is 0 Å². The molecule has 0 radical (unpaired) electrons. The molecule has 0 unspecified atom stereocenters. The van der Waals surface area contributed by atoms with E-state index >= 15 is 0 Å². The fourth-order valence-corrected chi connectivity index (χ4v) is 0.692. The summed E-state index contributed by atoms with van der Waals surface area (Å²) >= 11 is 0. The fourth-order valence-electron chi connectivity index (χ4n) is 0.692. The summed E-state index contributed by atoms with van der Waals surface area (Å²) in [5.41, 5.74) is -0.338. The predicted molar refractivity (Wildman–Crippen MR) is 35.7 cm³/mol. The maximum Gasteiger partial charge on any atom is 0.135 e. The van der Waals surface area contributed by atoms with Crippen molar-refractivity contribution in [1.29, 1.82) is 0 Å². The van der Waals surface area contributed by atoms with Crippen LogP contribution in [0.15, 0.2) is 23.4 Å². The summed E-state index contributed by atoms with van der Waals surface area (Å²) in [5.74, 6) is -1.49. The third-order valence-electron chi connectivity index (χ3n) is 1.19. The second kappa shape index (κ2) is 3.09. The zero-order valence-corrected chi connectivity index (χ0v) is 5.46. The Hall–Kier alpha value is -1.45. The van der Waals surface area contributed by atoms with Crippen LogP contribution in [0.4, 0.5) is 8.78 Å². The number of hydrogen-bond donors (Lipinski definition) is 1. The average Bonchev–Trinajstić information content (AvgIpc) is 1.97. The summed E-state index contributed by atoms with van der Waals surface area (Å²) in [4.78, 5) is 0. The molecule has 4 heteroatoms. The molecule has 0 spiro atoms. The largest absolute Gasteiger partial charge is 0.411 e. The van der Waals surface area contributed by atoms with E-state index in [2.05, 4.69) is 5.16 Å². The van der Waals surface area contributed by atoms with Crippen molar-refractivity contribution < 1.29 is 14.0 Å². The lowest BCUT2D eigenvalue weighted by atomic mass is 10.2. The molecule has 1 aromatic carbocycles. The molecule has 2 nitrogen and oxygen atoms in total. The second-order valence-corrected chi connectivity index (χ2v) is 1.88. The van der Waals surface area contributed by atoms with Crippen LogP contribution < -0.4 is 0 Å². The molecule has 0 saturated heterocycles. The summed E-state index contributed by atoms with van der Waals surface area (Å²) in [6, 6.07) is 3.40. The van der Waals surface area contributed by atoms with Crippen molar-refractivity contribution in [2.24, 2.45) is 5.16 Å². The van der Waals surface area contributed by atoms with E-state index in [0.717, 1.165) is 12.1 Å². The Bertz CT molecular complexity index is 266. The standard InChI is InChI=1S/C7H5F2NO/c8-6-2-1-3-7(9)5(6)4-10-11/h1-4,11H/b10-4+. The van der Waals surface area contributed by atoms with Gasteiger partial charge in [-0.15, -0.1) is 0 Å². The highest BCUT2D eigenvalue weighted by Crippen LogP contribution is 2.08. The first kappa shape index (κ1) is 7.65. The van der Waals surface area contributed by atoms with Gasteiger partial charge in [-0.1, -0.05) is 11.2 Å². The Morgan fingerprint density at radius 2 is 1.82 bits per heavy atom. The maximum absolute atomic E-state index is 12.6. The van der Waals surface area contributed by atoms with Crippen molar-refractivity contribution in [1.82, 2.24) is 0 Å². The minimum Gasteiger partial charge on any atom is -0.411 e. The minimum atomic E-state index is -0.747. The summed E-state index contributed by atoms with van der Waals surface area (Å²) in [6.45, 7) is 0. The molecule has 1 rings (SSSR count). The van der Waals surface area contributed by atoms with Crippen LogP contribution >= 0.6 is 0 Å². The summed E-state index contributed by atoms with van der Waals surface area (Å²) in [5, 5.41) is 10.5. The monoisotopic (exact) mass is 157 g/mol.